The lowest BCUT2D eigenvalue weighted by Gasteiger charge is -2.33. The summed E-state index contributed by atoms with van der Waals surface area (Å²) in [6.07, 6.45) is 4.67. The minimum Gasteiger partial charge on any atom is -0.462 e. The van der Waals surface area contributed by atoms with Crippen LogP contribution < -0.4 is 0 Å². The molecule has 1 saturated heterocycles. The minimum absolute atomic E-state index is 0.0110. The van der Waals surface area contributed by atoms with Crippen LogP contribution in [0.5, 0.6) is 0 Å². The summed E-state index contributed by atoms with van der Waals surface area (Å²) in [5.41, 5.74) is -0.149. The molecule has 0 aliphatic carbocycles. The molecule has 1 fully saturated rings. The first-order valence-corrected chi connectivity index (χ1v) is 7.08. The van der Waals surface area contributed by atoms with Crippen LogP contribution in [0.3, 0.4) is 0 Å². The molecule has 1 spiro atoms. The number of carbonyl (C=O) groups is 2. The predicted molar refractivity (Wildman–Crippen MR) is 75.4 cm³/mol. The van der Waals surface area contributed by atoms with Gasteiger partial charge in [0.25, 0.3) is 0 Å². The van der Waals surface area contributed by atoms with Gasteiger partial charge in [-0.2, -0.15) is 0 Å². The molecular weight excluding hydrogens is 274 g/mol. The highest BCUT2D eigenvalue weighted by Crippen LogP contribution is 2.41. The van der Waals surface area contributed by atoms with E-state index in [9.17, 15) is 9.59 Å². The maximum Gasteiger partial charge on any atom is 0.346 e. The maximum absolute atomic E-state index is 12.1. The Bertz CT molecular complexity index is 486. The number of ether oxygens (including phenoxy) is 3. The van der Waals surface area contributed by atoms with Crippen LogP contribution in [0, 0.1) is 0 Å². The third-order valence-electron chi connectivity index (χ3n) is 3.57. The molecule has 2 aliphatic rings. The number of nitrogens with zero attached hydrogens (tertiary/aromatic N) is 1. The van der Waals surface area contributed by atoms with Gasteiger partial charge in [-0.15, -0.1) is 0 Å². The molecule has 2 rings (SSSR count). The first-order chi connectivity index (χ1) is 10.00. The second kappa shape index (κ2) is 6.30. The number of rotatable bonds is 4. The van der Waals surface area contributed by atoms with Gasteiger partial charge < -0.3 is 19.1 Å². The third kappa shape index (κ3) is 3.10. The number of carbonyl (C=O) groups excluding carboxylic acids is 2. The van der Waals surface area contributed by atoms with Gasteiger partial charge in [0.05, 0.1) is 19.8 Å². The van der Waals surface area contributed by atoms with E-state index >= 15 is 0 Å². The SMILES string of the molecule is CCOC(=O)C1=C(/C=C/N(C)C)C2(CCOCC2)OC1=O. The van der Waals surface area contributed by atoms with E-state index in [0.717, 1.165) is 0 Å². The molecule has 0 bridgehead atoms. The van der Waals surface area contributed by atoms with Crippen LogP contribution in [-0.4, -0.2) is 56.4 Å². The first kappa shape index (κ1) is 15.6. The molecule has 0 amide bonds. The lowest BCUT2D eigenvalue weighted by atomic mass is 9.85. The highest BCUT2D eigenvalue weighted by Gasteiger charge is 2.49. The Morgan fingerprint density at radius 1 is 1.38 bits per heavy atom. The first-order valence-electron chi connectivity index (χ1n) is 7.08. The van der Waals surface area contributed by atoms with Crippen molar-refractivity contribution in [1.29, 1.82) is 0 Å². The Hall–Kier alpha value is -1.82. The summed E-state index contributed by atoms with van der Waals surface area (Å²) in [6.45, 7) is 2.93. The summed E-state index contributed by atoms with van der Waals surface area (Å²) in [4.78, 5) is 26.1. The van der Waals surface area contributed by atoms with Gasteiger partial charge in [0.15, 0.2) is 5.57 Å². The summed E-state index contributed by atoms with van der Waals surface area (Å²) in [6, 6.07) is 0. The Balaban J connectivity index is 2.44. The minimum atomic E-state index is -0.760. The highest BCUT2D eigenvalue weighted by molar-refractivity contribution is 6.17. The Labute approximate surface area is 124 Å². The zero-order chi connectivity index (χ0) is 15.5. The van der Waals surface area contributed by atoms with Gasteiger partial charge >= 0.3 is 11.9 Å². The smallest absolute Gasteiger partial charge is 0.346 e. The van der Waals surface area contributed by atoms with Crippen molar-refractivity contribution in [3.8, 4) is 0 Å². The molecule has 0 unspecified atom stereocenters. The van der Waals surface area contributed by atoms with Gasteiger partial charge in [-0.05, 0) is 19.2 Å². The van der Waals surface area contributed by atoms with Crippen LogP contribution in [-0.2, 0) is 23.8 Å². The van der Waals surface area contributed by atoms with E-state index in [0.29, 0.717) is 31.6 Å². The van der Waals surface area contributed by atoms with E-state index < -0.39 is 17.5 Å². The average Bonchev–Trinajstić information content (AvgIpc) is 2.69. The van der Waals surface area contributed by atoms with Gasteiger partial charge in [-0.1, -0.05) is 0 Å². The van der Waals surface area contributed by atoms with Crippen molar-refractivity contribution < 1.29 is 23.8 Å². The molecular formula is C15H21NO5. The molecule has 6 nitrogen and oxygen atoms in total. The van der Waals surface area contributed by atoms with Crippen molar-refractivity contribution in [3.63, 3.8) is 0 Å². The zero-order valence-corrected chi connectivity index (χ0v) is 12.7. The number of hydrogen-bond acceptors (Lipinski definition) is 6. The van der Waals surface area contributed by atoms with E-state index in [-0.39, 0.29) is 12.2 Å². The lowest BCUT2D eigenvalue weighted by molar-refractivity contribution is -0.155. The van der Waals surface area contributed by atoms with Crippen molar-refractivity contribution in [2.75, 3.05) is 33.9 Å². The van der Waals surface area contributed by atoms with Crippen molar-refractivity contribution >= 4 is 11.9 Å². The van der Waals surface area contributed by atoms with E-state index in [1.165, 1.54) is 0 Å². The standard InChI is InChI=1S/C15H21NO5/c1-4-20-13(17)12-11(5-8-16(2)3)15(21-14(12)18)6-9-19-10-7-15/h5,8H,4,6-7,9-10H2,1-3H3/b8-5+. The van der Waals surface area contributed by atoms with Crippen molar-refractivity contribution in [1.82, 2.24) is 4.90 Å². The molecule has 116 valence electrons. The fourth-order valence-corrected chi connectivity index (χ4v) is 2.55. The van der Waals surface area contributed by atoms with Crippen LogP contribution in [0.4, 0.5) is 0 Å². The molecule has 0 N–H and O–H groups in total. The molecule has 0 radical (unpaired) electrons. The molecule has 21 heavy (non-hydrogen) atoms. The quantitative estimate of drug-likeness (QED) is 0.570. The molecule has 0 aromatic carbocycles. The number of hydrogen-bond donors (Lipinski definition) is 0. The zero-order valence-electron chi connectivity index (χ0n) is 12.7. The Morgan fingerprint density at radius 3 is 2.62 bits per heavy atom. The van der Waals surface area contributed by atoms with E-state index in [1.54, 1.807) is 19.2 Å². The monoisotopic (exact) mass is 295 g/mol. The number of esters is 2. The summed E-state index contributed by atoms with van der Waals surface area (Å²) in [5, 5.41) is 0. The fourth-order valence-electron chi connectivity index (χ4n) is 2.55. The van der Waals surface area contributed by atoms with Crippen LogP contribution in [0.1, 0.15) is 19.8 Å². The van der Waals surface area contributed by atoms with Crippen LogP contribution in [0.15, 0.2) is 23.4 Å². The average molecular weight is 295 g/mol. The van der Waals surface area contributed by atoms with Crippen LogP contribution >= 0.6 is 0 Å². The second-order valence-corrected chi connectivity index (χ2v) is 5.28. The molecule has 0 atom stereocenters. The normalized spacial score (nSPS) is 21.0. The van der Waals surface area contributed by atoms with E-state index in [4.69, 9.17) is 14.2 Å². The molecule has 0 saturated carbocycles. The maximum atomic E-state index is 12.1. The summed E-state index contributed by atoms with van der Waals surface area (Å²) < 4.78 is 15.9. The van der Waals surface area contributed by atoms with Gasteiger partial charge in [-0.3, -0.25) is 0 Å². The van der Waals surface area contributed by atoms with Crippen LogP contribution in [0.2, 0.25) is 0 Å². The summed E-state index contributed by atoms with van der Waals surface area (Å²) in [5.74, 6) is -1.22. The predicted octanol–water partition coefficient (Wildman–Crippen LogP) is 1.03. The summed E-state index contributed by atoms with van der Waals surface area (Å²) in [7, 11) is 3.74. The van der Waals surface area contributed by atoms with Gasteiger partial charge in [0, 0.05) is 32.5 Å². The second-order valence-electron chi connectivity index (χ2n) is 5.28. The van der Waals surface area contributed by atoms with Crippen molar-refractivity contribution in [3.05, 3.63) is 23.4 Å². The summed E-state index contributed by atoms with van der Waals surface area (Å²) >= 11 is 0. The Morgan fingerprint density at radius 2 is 2.05 bits per heavy atom. The van der Waals surface area contributed by atoms with E-state index in [1.807, 2.05) is 19.0 Å². The topological polar surface area (TPSA) is 65.1 Å². The van der Waals surface area contributed by atoms with E-state index in [2.05, 4.69) is 0 Å². The largest absolute Gasteiger partial charge is 0.462 e. The highest BCUT2D eigenvalue weighted by atomic mass is 16.6. The molecule has 6 heteroatoms. The molecule has 0 aromatic rings. The van der Waals surface area contributed by atoms with Crippen molar-refractivity contribution in [2.24, 2.45) is 0 Å². The molecule has 2 aliphatic heterocycles. The Kier molecular flexibility index (Phi) is 4.67. The fraction of sp³-hybridized carbons (Fsp3) is 0.600. The lowest BCUT2D eigenvalue weighted by Crippen LogP contribution is -2.38. The molecule has 2 heterocycles. The van der Waals surface area contributed by atoms with Crippen molar-refractivity contribution in [2.45, 2.75) is 25.4 Å². The van der Waals surface area contributed by atoms with Gasteiger partial charge in [-0.25, -0.2) is 9.59 Å². The van der Waals surface area contributed by atoms with Gasteiger partial charge in [0.1, 0.15) is 5.60 Å². The molecule has 0 aromatic heterocycles. The van der Waals surface area contributed by atoms with Crippen LogP contribution in [0.25, 0.3) is 0 Å². The third-order valence-corrected chi connectivity index (χ3v) is 3.57. The van der Waals surface area contributed by atoms with Gasteiger partial charge in [0.2, 0.25) is 0 Å².